The van der Waals surface area contributed by atoms with Gasteiger partial charge in [-0.2, -0.15) is 0 Å². The van der Waals surface area contributed by atoms with Crippen LogP contribution in [0.25, 0.3) is 0 Å². The van der Waals surface area contributed by atoms with Gasteiger partial charge in [0.25, 0.3) is 0 Å². The molecule has 110 valence electrons. The second-order valence-electron chi connectivity index (χ2n) is 5.22. The maximum atomic E-state index is 14.2. The summed E-state index contributed by atoms with van der Waals surface area (Å²) in [4.78, 5) is 2.17. The molecule has 2 aromatic carbocycles. The molecule has 4 heteroatoms. The molecule has 0 aromatic heterocycles. The largest absolute Gasteiger partial charge is 0.491 e. The van der Waals surface area contributed by atoms with Crippen LogP contribution in [-0.2, 0) is 13.1 Å². The van der Waals surface area contributed by atoms with Crippen LogP contribution in [0.5, 0.6) is 5.75 Å². The van der Waals surface area contributed by atoms with Gasteiger partial charge in [-0.25, -0.2) is 4.39 Å². The van der Waals surface area contributed by atoms with Crippen molar-refractivity contribution in [2.24, 2.45) is 5.73 Å². The summed E-state index contributed by atoms with van der Waals surface area (Å²) < 4.78 is 19.9. The Hall–Kier alpha value is -2.07. The molecule has 0 saturated carbocycles. The van der Waals surface area contributed by atoms with Gasteiger partial charge in [0, 0.05) is 25.2 Å². The highest BCUT2D eigenvalue weighted by Gasteiger charge is 2.17. The maximum Gasteiger partial charge on any atom is 0.142 e. The van der Waals surface area contributed by atoms with Gasteiger partial charge in [0.2, 0.25) is 0 Å². The number of rotatable bonds is 3. The van der Waals surface area contributed by atoms with Gasteiger partial charge in [0.1, 0.15) is 11.6 Å². The predicted octanol–water partition coefficient (Wildman–Crippen LogP) is 3.07. The molecule has 1 aliphatic rings. The first-order valence-electron chi connectivity index (χ1n) is 7.22. The van der Waals surface area contributed by atoms with Gasteiger partial charge in [-0.05, 0) is 30.2 Å². The normalized spacial score (nSPS) is 14.3. The van der Waals surface area contributed by atoms with Crippen molar-refractivity contribution in [3.63, 3.8) is 0 Å². The Morgan fingerprint density at radius 3 is 2.86 bits per heavy atom. The fraction of sp³-hybridized carbons (Fsp3) is 0.294. The lowest BCUT2D eigenvalue weighted by Gasteiger charge is -2.24. The van der Waals surface area contributed by atoms with Crippen molar-refractivity contribution in [3.05, 3.63) is 59.4 Å². The maximum absolute atomic E-state index is 14.2. The highest BCUT2D eigenvalue weighted by molar-refractivity contribution is 5.59. The summed E-state index contributed by atoms with van der Waals surface area (Å²) in [6.45, 7) is 2.45. The van der Waals surface area contributed by atoms with Gasteiger partial charge in [0.05, 0.1) is 12.3 Å². The minimum atomic E-state index is -0.194. The van der Waals surface area contributed by atoms with Crippen molar-refractivity contribution >= 4 is 5.69 Å². The van der Waals surface area contributed by atoms with E-state index >= 15 is 0 Å². The van der Waals surface area contributed by atoms with Gasteiger partial charge >= 0.3 is 0 Å². The predicted molar refractivity (Wildman–Crippen MR) is 81.9 cm³/mol. The highest BCUT2D eigenvalue weighted by Crippen LogP contribution is 2.31. The van der Waals surface area contributed by atoms with E-state index in [2.05, 4.69) is 4.90 Å². The second kappa shape index (κ2) is 6.14. The summed E-state index contributed by atoms with van der Waals surface area (Å²) in [5.41, 5.74) is 8.07. The Bertz CT molecular complexity index is 630. The van der Waals surface area contributed by atoms with E-state index in [0.717, 1.165) is 30.0 Å². The van der Waals surface area contributed by atoms with Crippen LogP contribution in [-0.4, -0.2) is 13.2 Å². The zero-order chi connectivity index (χ0) is 14.7. The third kappa shape index (κ3) is 3.00. The van der Waals surface area contributed by atoms with Crippen molar-refractivity contribution in [2.75, 3.05) is 18.1 Å². The zero-order valence-corrected chi connectivity index (χ0v) is 11.9. The van der Waals surface area contributed by atoms with E-state index in [1.165, 1.54) is 6.07 Å². The molecule has 0 radical (unpaired) electrons. The average molecular weight is 286 g/mol. The minimum absolute atomic E-state index is 0.194. The van der Waals surface area contributed by atoms with E-state index in [9.17, 15) is 4.39 Å². The number of benzene rings is 2. The molecule has 0 spiro atoms. The Morgan fingerprint density at radius 2 is 2.05 bits per heavy atom. The van der Waals surface area contributed by atoms with E-state index < -0.39 is 0 Å². The molecule has 0 saturated heterocycles. The van der Waals surface area contributed by atoms with Crippen LogP contribution in [0, 0.1) is 5.82 Å². The Morgan fingerprint density at radius 1 is 1.19 bits per heavy atom. The topological polar surface area (TPSA) is 38.5 Å². The Labute approximate surface area is 124 Å². The van der Waals surface area contributed by atoms with E-state index in [1.54, 1.807) is 0 Å². The van der Waals surface area contributed by atoms with Crippen molar-refractivity contribution in [3.8, 4) is 5.75 Å². The number of hydrogen-bond donors (Lipinski definition) is 1. The van der Waals surface area contributed by atoms with E-state index in [4.69, 9.17) is 10.5 Å². The molecule has 1 aliphatic heterocycles. The number of hydrogen-bond acceptors (Lipinski definition) is 3. The molecule has 3 rings (SSSR count). The molecule has 2 N–H and O–H groups in total. The summed E-state index contributed by atoms with van der Waals surface area (Å²) in [6.07, 6.45) is 0.928. The number of nitrogens with zero attached hydrogens (tertiary/aromatic N) is 1. The molecule has 1 heterocycles. The number of fused-ring (bicyclic) bond motifs is 1. The number of nitrogens with two attached hydrogens (primary N) is 1. The van der Waals surface area contributed by atoms with E-state index in [0.29, 0.717) is 25.3 Å². The van der Waals surface area contributed by atoms with Crippen LogP contribution in [0.3, 0.4) is 0 Å². The van der Waals surface area contributed by atoms with Crippen LogP contribution >= 0.6 is 0 Å². The molecule has 0 bridgehead atoms. The lowest BCUT2D eigenvalue weighted by atomic mass is 10.1. The summed E-state index contributed by atoms with van der Waals surface area (Å²) in [6, 6.07) is 13.2. The number of anilines is 1. The molecule has 0 unspecified atom stereocenters. The first kappa shape index (κ1) is 13.9. The van der Waals surface area contributed by atoms with Crippen LogP contribution in [0.4, 0.5) is 10.1 Å². The van der Waals surface area contributed by atoms with Gasteiger partial charge in [-0.3, -0.25) is 0 Å². The summed E-state index contributed by atoms with van der Waals surface area (Å²) >= 11 is 0. The zero-order valence-electron chi connectivity index (χ0n) is 11.9. The Balaban J connectivity index is 1.87. The SMILES string of the molecule is NCc1ccc(CN2CCCOc3ccccc32)c(F)c1. The van der Waals surface area contributed by atoms with Crippen LogP contribution in [0.2, 0.25) is 0 Å². The number of para-hydroxylation sites is 2. The van der Waals surface area contributed by atoms with E-state index in [-0.39, 0.29) is 5.82 Å². The van der Waals surface area contributed by atoms with Gasteiger partial charge < -0.3 is 15.4 Å². The minimum Gasteiger partial charge on any atom is -0.491 e. The fourth-order valence-corrected chi connectivity index (χ4v) is 2.61. The molecule has 0 fully saturated rings. The highest BCUT2D eigenvalue weighted by atomic mass is 19.1. The first-order chi connectivity index (χ1) is 10.3. The standard InChI is InChI=1S/C17H19FN2O/c18-15-10-13(11-19)6-7-14(15)12-20-8-3-9-21-17-5-2-1-4-16(17)20/h1-2,4-7,10H,3,8-9,11-12,19H2. The molecule has 2 aromatic rings. The van der Waals surface area contributed by atoms with Gasteiger partial charge in [-0.1, -0.05) is 24.3 Å². The third-order valence-electron chi connectivity index (χ3n) is 3.75. The second-order valence-corrected chi connectivity index (χ2v) is 5.22. The van der Waals surface area contributed by atoms with Crippen LogP contribution in [0.1, 0.15) is 17.5 Å². The monoisotopic (exact) mass is 286 g/mol. The van der Waals surface area contributed by atoms with Crippen LogP contribution in [0.15, 0.2) is 42.5 Å². The molecule has 0 aliphatic carbocycles. The first-order valence-corrected chi connectivity index (χ1v) is 7.22. The lowest BCUT2D eigenvalue weighted by Crippen LogP contribution is -2.23. The van der Waals surface area contributed by atoms with Crippen molar-refractivity contribution < 1.29 is 9.13 Å². The average Bonchev–Trinajstić information content (AvgIpc) is 2.72. The van der Waals surface area contributed by atoms with Crippen LogP contribution < -0.4 is 15.4 Å². The molecular weight excluding hydrogens is 267 g/mol. The quantitative estimate of drug-likeness (QED) is 0.942. The van der Waals surface area contributed by atoms with Gasteiger partial charge in [-0.15, -0.1) is 0 Å². The van der Waals surface area contributed by atoms with Gasteiger partial charge in [0.15, 0.2) is 0 Å². The lowest BCUT2D eigenvalue weighted by molar-refractivity contribution is 0.322. The number of ether oxygens (including phenoxy) is 1. The number of halogens is 1. The molecule has 21 heavy (non-hydrogen) atoms. The molecule has 0 atom stereocenters. The fourth-order valence-electron chi connectivity index (χ4n) is 2.61. The molecule has 0 amide bonds. The third-order valence-corrected chi connectivity index (χ3v) is 3.75. The van der Waals surface area contributed by atoms with Crippen molar-refractivity contribution in [1.82, 2.24) is 0 Å². The molecule has 3 nitrogen and oxygen atoms in total. The van der Waals surface area contributed by atoms with Crippen molar-refractivity contribution in [2.45, 2.75) is 19.5 Å². The summed E-state index contributed by atoms with van der Waals surface area (Å²) in [7, 11) is 0. The Kier molecular flexibility index (Phi) is 4.06. The smallest absolute Gasteiger partial charge is 0.142 e. The summed E-state index contributed by atoms with van der Waals surface area (Å²) in [5, 5.41) is 0. The molecular formula is C17H19FN2O. The summed E-state index contributed by atoms with van der Waals surface area (Å²) in [5.74, 6) is 0.676. The van der Waals surface area contributed by atoms with Crippen molar-refractivity contribution in [1.29, 1.82) is 0 Å². The van der Waals surface area contributed by atoms with E-state index in [1.807, 2.05) is 36.4 Å².